The number of Topliss-reactive ketones (excluding diaryl/α,β-unsaturated/α-hetero) is 1. The molecule has 2 unspecified atom stereocenters. The molecule has 0 saturated carbocycles. The topological polar surface area (TPSA) is 77.5 Å². The van der Waals surface area contributed by atoms with Crippen LogP contribution < -0.4 is 0 Å². The summed E-state index contributed by atoms with van der Waals surface area (Å²) in [4.78, 5) is 16.2. The van der Waals surface area contributed by atoms with Gasteiger partial charge in [0.05, 0.1) is 28.8 Å². The summed E-state index contributed by atoms with van der Waals surface area (Å²) in [5, 5.41) is 19.4. The maximum Gasteiger partial charge on any atom is 0.174 e. The predicted molar refractivity (Wildman–Crippen MR) is 80.9 cm³/mol. The van der Waals surface area contributed by atoms with Crippen molar-refractivity contribution in [1.29, 1.82) is 10.5 Å². The number of nitrogens with zero attached hydrogens (tertiary/aromatic N) is 3. The fourth-order valence-corrected chi connectivity index (χ4v) is 2.74. The molecule has 0 aliphatic heterocycles. The third-order valence-electron chi connectivity index (χ3n) is 2.88. The van der Waals surface area contributed by atoms with Crippen LogP contribution in [0.4, 0.5) is 0 Å². The van der Waals surface area contributed by atoms with Crippen molar-refractivity contribution < 1.29 is 4.79 Å². The summed E-state index contributed by atoms with van der Waals surface area (Å²) in [5.74, 6) is -1.28. The van der Waals surface area contributed by atoms with Gasteiger partial charge in [0.15, 0.2) is 11.7 Å². The van der Waals surface area contributed by atoms with Crippen molar-refractivity contribution in [2.24, 2.45) is 0 Å². The molecule has 1 aromatic carbocycles. The van der Waals surface area contributed by atoms with Crippen molar-refractivity contribution in [3.05, 3.63) is 40.2 Å². The van der Waals surface area contributed by atoms with E-state index in [-0.39, 0.29) is 5.78 Å². The first-order valence-electron chi connectivity index (χ1n) is 6.10. The van der Waals surface area contributed by atoms with Gasteiger partial charge in [-0.3, -0.25) is 4.79 Å². The minimum Gasteiger partial charge on any atom is -0.296 e. The molecule has 0 spiro atoms. The molecule has 6 heteroatoms. The maximum absolute atomic E-state index is 11.9. The number of carbonyl (C=O) groups is 1. The maximum atomic E-state index is 11.9. The van der Waals surface area contributed by atoms with E-state index in [0.717, 1.165) is 5.56 Å². The van der Waals surface area contributed by atoms with Gasteiger partial charge in [0.2, 0.25) is 0 Å². The van der Waals surface area contributed by atoms with E-state index in [0.29, 0.717) is 16.3 Å². The Kier molecular flexibility index (Phi) is 4.70. The quantitative estimate of drug-likeness (QED) is 0.809. The summed E-state index contributed by atoms with van der Waals surface area (Å²) in [6.07, 6.45) is 0. The van der Waals surface area contributed by atoms with E-state index in [1.165, 1.54) is 11.3 Å². The normalized spacial score (nSPS) is 13.0. The van der Waals surface area contributed by atoms with Crippen molar-refractivity contribution >= 4 is 28.7 Å². The van der Waals surface area contributed by atoms with Gasteiger partial charge in [0.25, 0.3) is 0 Å². The number of hydrogen-bond acceptors (Lipinski definition) is 5. The highest BCUT2D eigenvalue weighted by Gasteiger charge is 2.27. The number of alkyl halides is 1. The highest BCUT2D eigenvalue weighted by atomic mass is 35.5. The average molecular weight is 316 g/mol. The van der Waals surface area contributed by atoms with Crippen LogP contribution in [0, 0.1) is 22.7 Å². The van der Waals surface area contributed by atoms with E-state index in [1.807, 2.05) is 12.1 Å². The largest absolute Gasteiger partial charge is 0.296 e. The van der Waals surface area contributed by atoms with Gasteiger partial charge in [-0.05, 0) is 19.1 Å². The lowest BCUT2D eigenvalue weighted by molar-refractivity contribution is -0.118. The molecule has 0 amide bonds. The molecule has 0 saturated heterocycles. The van der Waals surface area contributed by atoms with Gasteiger partial charge in [-0.2, -0.15) is 10.5 Å². The second kappa shape index (κ2) is 6.49. The Morgan fingerprint density at radius 2 is 2.00 bits per heavy atom. The molecule has 2 atom stereocenters. The summed E-state index contributed by atoms with van der Waals surface area (Å²) >= 11 is 7.01. The molecule has 2 rings (SSSR count). The molecule has 0 fully saturated rings. The number of halogens is 1. The van der Waals surface area contributed by atoms with Crippen LogP contribution in [0.5, 0.6) is 0 Å². The fourth-order valence-electron chi connectivity index (χ4n) is 1.74. The molecule has 0 aliphatic rings. The van der Waals surface area contributed by atoms with Gasteiger partial charge >= 0.3 is 0 Å². The summed E-state index contributed by atoms with van der Waals surface area (Å²) < 4.78 is 0. The van der Waals surface area contributed by atoms with Crippen LogP contribution in [0.3, 0.4) is 0 Å². The second-order valence-corrected chi connectivity index (χ2v) is 5.88. The Hall–Kier alpha value is -2.21. The lowest BCUT2D eigenvalue weighted by Crippen LogP contribution is -2.18. The van der Waals surface area contributed by atoms with E-state index < -0.39 is 11.3 Å². The number of hydrogen-bond donors (Lipinski definition) is 0. The molecule has 2 aromatic rings. The number of carbonyl (C=O) groups excluding carboxylic acids is 1. The molecule has 0 N–H and O–H groups in total. The average Bonchev–Trinajstić information content (AvgIpc) is 2.97. The first-order valence-corrected chi connectivity index (χ1v) is 7.41. The third-order valence-corrected chi connectivity index (χ3v) is 4.01. The summed E-state index contributed by atoms with van der Waals surface area (Å²) in [6, 6.07) is 11.0. The van der Waals surface area contributed by atoms with E-state index in [9.17, 15) is 4.79 Å². The minimum atomic E-state index is -0.936. The monoisotopic (exact) mass is 315 g/mol. The van der Waals surface area contributed by atoms with Crippen LogP contribution in [0.15, 0.2) is 29.6 Å². The van der Waals surface area contributed by atoms with Gasteiger partial charge in [-0.1, -0.05) is 12.1 Å². The molecule has 0 aliphatic carbocycles. The van der Waals surface area contributed by atoms with Gasteiger partial charge in [-0.25, -0.2) is 4.98 Å². The van der Waals surface area contributed by atoms with Crippen LogP contribution in [0.2, 0.25) is 0 Å². The lowest BCUT2D eigenvalue weighted by atomic mass is 10.0. The number of nitriles is 2. The predicted octanol–water partition coefficient (Wildman–Crippen LogP) is 3.49. The van der Waals surface area contributed by atoms with E-state index in [4.69, 9.17) is 22.1 Å². The van der Waals surface area contributed by atoms with Crippen LogP contribution in [0.1, 0.15) is 23.4 Å². The smallest absolute Gasteiger partial charge is 0.174 e. The van der Waals surface area contributed by atoms with Gasteiger partial charge in [0, 0.05) is 10.9 Å². The fraction of sp³-hybridized carbons (Fsp3) is 0.200. The van der Waals surface area contributed by atoms with Crippen molar-refractivity contribution in [2.45, 2.75) is 18.2 Å². The highest BCUT2D eigenvalue weighted by Crippen LogP contribution is 2.28. The Morgan fingerprint density at radius 3 is 2.52 bits per heavy atom. The van der Waals surface area contributed by atoms with Crippen molar-refractivity contribution in [1.82, 2.24) is 4.98 Å². The van der Waals surface area contributed by atoms with E-state index in [1.54, 1.807) is 36.6 Å². The summed E-state index contributed by atoms with van der Waals surface area (Å²) in [5.41, 5.74) is 2.07. The zero-order chi connectivity index (χ0) is 15.4. The highest BCUT2D eigenvalue weighted by molar-refractivity contribution is 7.10. The molecule has 0 bridgehead atoms. The molecular formula is C15H10ClN3OS. The zero-order valence-corrected chi connectivity index (χ0v) is 12.6. The SMILES string of the molecule is CC(Cl)C(=O)C(C#N)c1nc(-c2ccc(C#N)cc2)cs1. The molecule has 1 heterocycles. The number of aromatic nitrogens is 1. The summed E-state index contributed by atoms with van der Waals surface area (Å²) in [6.45, 7) is 1.55. The lowest BCUT2D eigenvalue weighted by Gasteiger charge is -2.05. The number of ketones is 1. The van der Waals surface area contributed by atoms with Gasteiger partial charge < -0.3 is 0 Å². The molecule has 104 valence electrons. The van der Waals surface area contributed by atoms with Crippen LogP contribution in [-0.4, -0.2) is 16.1 Å². The number of benzene rings is 1. The second-order valence-electron chi connectivity index (χ2n) is 4.34. The Labute approximate surface area is 131 Å². The van der Waals surface area contributed by atoms with Crippen LogP contribution in [0.25, 0.3) is 11.3 Å². The first-order chi connectivity index (χ1) is 10.1. The van der Waals surface area contributed by atoms with Gasteiger partial charge in [-0.15, -0.1) is 22.9 Å². The standard InChI is InChI=1S/C15H10ClN3OS/c1-9(16)14(20)12(7-18)15-19-13(8-21-15)11-4-2-10(6-17)3-5-11/h2-5,8-9,12H,1H3. The first kappa shape index (κ1) is 15.2. The van der Waals surface area contributed by atoms with Gasteiger partial charge in [0.1, 0.15) is 5.01 Å². The van der Waals surface area contributed by atoms with Crippen LogP contribution in [-0.2, 0) is 4.79 Å². The molecule has 4 nitrogen and oxygen atoms in total. The van der Waals surface area contributed by atoms with Crippen molar-refractivity contribution in [2.75, 3.05) is 0 Å². The van der Waals surface area contributed by atoms with Crippen molar-refractivity contribution in [3.63, 3.8) is 0 Å². The molecule has 0 radical (unpaired) electrons. The van der Waals surface area contributed by atoms with Crippen LogP contribution >= 0.6 is 22.9 Å². The Bertz CT molecular complexity index is 738. The molecule has 1 aromatic heterocycles. The van der Waals surface area contributed by atoms with E-state index >= 15 is 0 Å². The third kappa shape index (κ3) is 3.28. The van der Waals surface area contributed by atoms with Crippen molar-refractivity contribution in [3.8, 4) is 23.4 Å². The molecule has 21 heavy (non-hydrogen) atoms. The Morgan fingerprint density at radius 1 is 1.33 bits per heavy atom. The van der Waals surface area contributed by atoms with E-state index in [2.05, 4.69) is 4.98 Å². The number of rotatable bonds is 4. The number of thiazole rings is 1. The Balaban J connectivity index is 2.30. The zero-order valence-electron chi connectivity index (χ0n) is 11.1. The summed E-state index contributed by atoms with van der Waals surface area (Å²) in [7, 11) is 0. The minimum absolute atomic E-state index is 0.347. The molecular weight excluding hydrogens is 306 g/mol.